The number of aryl methyl sites for hydroxylation is 1. The molecule has 2 rings (SSSR count). The summed E-state index contributed by atoms with van der Waals surface area (Å²) in [5.41, 5.74) is 0.299. The molecule has 80 valence electrons. The van der Waals surface area contributed by atoms with E-state index in [1.54, 1.807) is 17.6 Å². The van der Waals surface area contributed by atoms with Gasteiger partial charge in [0.2, 0.25) is 0 Å². The van der Waals surface area contributed by atoms with Gasteiger partial charge in [0.05, 0.1) is 6.26 Å². The maximum atomic E-state index is 10.4. The fourth-order valence-electron chi connectivity index (χ4n) is 1.76. The van der Waals surface area contributed by atoms with Crippen molar-refractivity contribution < 1.29 is 9.52 Å². The first-order chi connectivity index (χ1) is 7.09. The molecule has 0 aromatic carbocycles. The third-order valence-electron chi connectivity index (χ3n) is 2.45. The van der Waals surface area contributed by atoms with E-state index in [1.165, 1.54) is 0 Å². The fraction of sp³-hybridized carbons (Fsp3) is 0.333. The van der Waals surface area contributed by atoms with Crippen molar-refractivity contribution in [3.63, 3.8) is 0 Å². The fourth-order valence-corrected chi connectivity index (χ4v) is 2.75. The molecular formula is C12H14O2S. The van der Waals surface area contributed by atoms with Crippen LogP contribution < -0.4 is 0 Å². The van der Waals surface area contributed by atoms with Crippen molar-refractivity contribution in [3.05, 3.63) is 46.0 Å². The maximum absolute atomic E-state index is 10.4. The van der Waals surface area contributed by atoms with Crippen LogP contribution in [0.3, 0.4) is 0 Å². The van der Waals surface area contributed by atoms with Crippen LogP contribution in [0.25, 0.3) is 0 Å². The molecule has 1 atom stereocenters. The zero-order valence-electron chi connectivity index (χ0n) is 8.86. The Hall–Kier alpha value is -1.06. The predicted molar refractivity (Wildman–Crippen MR) is 61.0 cm³/mol. The first-order valence-electron chi connectivity index (χ1n) is 4.89. The highest BCUT2D eigenvalue weighted by atomic mass is 32.1. The minimum absolute atomic E-state index is 0.515. The Morgan fingerprint density at radius 1 is 1.47 bits per heavy atom. The molecule has 2 heterocycles. The maximum Gasteiger partial charge on any atom is 0.107 e. The van der Waals surface area contributed by atoms with Gasteiger partial charge in [0.15, 0.2) is 0 Å². The predicted octanol–water partition coefficient (Wildman–Crippen LogP) is 3.10. The Morgan fingerprint density at radius 2 is 2.27 bits per heavy atom. The van der Waals surface area contributed by atoms with Gasteiger partial charge in [-0.3, -0.25) is 0 Å². The van der Waals surface area contributed by atoms with Gasteiger partial charge in [0, 0.05) is 11.3 Å². The molecule has 0 aliphatic heterocycles. The van der Waals surface area contributed by atoms with Gasteiger partial charge in [-0.15, -0.1) is 11.3 Å². The lowest BCUT2D eigenvalue weighted by Crippen LogP contribution is -2.23. The van der Waals surface area contributed by atoms with Crippen molar-refractivity contribution in [2.75, 3.05) is 0 Å². The average molecular weight is 222 g/mol. The minimum Gasteiger partial charge on any atom is -0.469 e. The molecule has 0 spiro atoms. The van der Waals surface area contributed by atoms with Crippen LogP contribution in [-0.2, 0) is 12.0 Å². The largest absolute Gasteiger partial charge is 0.469 e. The Labute approximate surface area is 93.2 Å². The zero-order valence-corrected chi connectivity index (χ0v) is 9.67. The molecule has 0 saturated heterocycles. The molecule has 2 nitrogen and oxygen atoms in total. The van der Waals surface area contributed by atoms with Gasteiger partial charge >= 0.3 is 0 Å². The molecule has 0 aliphatic rings. The Balaban J connectivity index is 2.24. The molecular weight excluding hydrogens is 208 g/mol. The summed E-state index contributed by atoms with van der Waals surface area (Å²) in [4.78, 5) is 1.01. The Kier molecular flexibility index (Phi) is 2.67. The second kappa shape index (κ2) is 3.83. The van der Waals surface area contributed by atoms with E-state index in [1.807, 2.05) is 37.4 Å². The Morgan fingerprint density at radius 3 is 2.80 bits per heavy atom. The number of hydrogen-bond acceptors (Lipinski definition) is 3. The second-order valence-electron chi connectivity index (χ2n) is 3.96. The smallest absolute Gasteiger partial charge is 0.107 e. The van der Waals surface area contributed by atoms with E-state index in [2.05, 4.69) is 0 Å². The zero-order chi connectivity index (χ0) is 10.9. The SMILES string of the molecule is Cc1ccsc1C(C)(O)Cc1ccco1. The van der Waals surface area contributed by atoms with Gasteiger partial charge in [-0.25, -0.2) is 0 Å². The average Bonchev–Trinajstić information content (AvgIpc) is 2.75. The van der Waals surface area contributed by atoms with E-state index in [0.29, 0.717) is 6.42 Å². The molecule has 0 fully saturated rings. The molecule has 2 aromatic heterocycles. The van der Waals surface area contributed by atoms with Crippen LogP contribution in [-0.4, -0.2) is 5.11 Å². The monoisotopic (exact) mass is 222 g/mol. The van der Waals surface area contributed by atoms with E-state index in [9.17, 15) is 5.11 Å². The molecule has 2 aromatic rings. The number of furan rings is 1. The molecule has 0 bridgehead atoms. The summed E-state index contributed by atoms with van der Waals surface area (Å²) < 4.78 is 5.25. The van der Waals surface area contributed by atoms with E-state index in [0.717, 1.165) is 16.2 Å². The van der Waals surface area contributed by atoms with Crippen molar-refractivity contribution in [2.24, 2.45) is 0 Å². The summed E-state index contributed by atoms with van der Waals surface area (Å²) in [6, 6.07) is 5.75. The lowest BCUT2D eigenvalue weighted by atomic mass is 9.96. The van der Waals surface area contributed by atoms with E-state index >= 15 is 0 Å². The highest BCUT2D eigenvalue weighted by Crippen LogP contribution is 2.32. The van der Waals surface area contributed by atoms with Gasteiger partial charge in [-0.1, -0.05) is 0 Å². The van der Waals surface area contributed by atoms with Crippen LogP contribution >= 0.6 is 11.3 Å². The molecule has 0 saturated carbocycles. The first-order valence-corrected chi connectivity index (χ1v) is 5.77. The highest BCUT2D eigenvalue weighted by molar-refractivity contribution is 7.10. The summed E-state index contributed by atoms with van der Waals surface area (Å²) >= 11 is 1.59. The van der Waals surface area contributed by atoms with E-state index in [4.69, 9.17) is 4.42 Å². The second-order valence-corrected chi connectivity index (χ2v) is 4.88. The van der Waals surface area contributed by atoms with Gasteiger partial charge in [0.25, 0.3) is 0 Å². The van der Waals surface area contributed by atoms with E-state index < -0.39 is 5.60 Å². The van der Waals surface area contributed by atoms with Crippen molar-refractivity contribution in [2.45, 2.75) is 25.9 Å². The van der Waals surface area contributed by atoms with E-state index in [-0.39, 0.29) is 0 Å². The quantitative estimate of drug-likeness (QED) is 0.865. The molecule has 3 heteroatoms. The van der Waals surface area contributed by atoms with Gasteiger partial charge in [0.1, 0.15) is 11.4 Å². The van der Waals surface area contributed by atoms with Crippen LogP contribution in [0.2, 0.25) is 0 Å². The summed E-state index contributed by atoms with van der Waals surface area (Å²) in [5, 5.41) is 12.4. The molecule has 0 aliphatic carbocycles. The number of thiophene rings is 1. The molecule has 0 radical (unpaired) electrons. The lowest BCUT2D eigenvalue weighted by Gasteiger charge is -2.21. The first kappa shape index (κ1) is 10.5. The number of hydrogen-bond donors (Lipinski definition) is 1. The standard InChI is InChI=1S/C12H14O2S/c1-9-5-7-15-11(9)12(2,13)8-10-4-3-6-14-10/h3-7,13H,8H2,1-2H3. The molecule has 0 amide bonds. The highest BCUT2D eigenvalue weighted by Gasteiger charge is 2.27. The Bertz CT molecular complexity index is 426. The normalized spacial score (nSPS) is 15.1. The topological polar surface area (TPSA) is 33.4 Å². The minimum atomic E-state index is -0.837. The molecule has 1 unspecified atom stereocenters. The van der Waals surface area contributed by atoms with Crippen molar-refractivity contribution >= 4 is 11.3 Å². The summed E-state index contributed by atoms with van der Waals surface area (Å²) in [6.45, 7) is 3.84. The van der Waals surface area contributed by atoms with Gasteiger partial charge in [-0.2, -0.15) is 0 Å². The van der Waals surface area contributed by atoms with Gasteiger partial charge < -0.3 is 9.52 Å². The van der Waals surface area contributed by atoms with Crippen LogP contribution in [0.5, 0.6) is 0 Å². The van der Waals surface area contributed by atoms with Crippen LogP contribution in [0.4, 0.5) is 0 Å². The van der Waals surface area contributed by atoms with Crippen LogP contribution in [0.15, 0.2) is 34.3 Å². The van der Waals surface area contributed by atoms with Crippen molar-refractivity contribution in [1.82, 2.24) is 0 Å². The van der Waals surface area contributed by atoms with Crippen LogP contribution in [0.1, 0.15) is 23.1 Å². The summed E-state index contributed by atoms with van der Waals surface area (Å²) in [6.07, 6.45) is 2.15. The van der Waals surface area contributed by atoms with Crippen molar-refractivity contribution in [3.8, 4) is 0 Å². The third-order valence-corrected chi connectivity index (χ3v) is 3.72. The summed E-state index contributed by atoms with van der Waals surface area (Å²) in [7, 11) is 0. The molecule has 1 N–H and O–H groups in total. The summed E-state index contributed by atoms with van der Waals surface area (Å²) in [5.74, 6) is 0.813. The van der Waals surface area contributed by atoms with Crippen LogP contribution in [0, 0.1) is 6.92 Å². The van der Waals surface area contributed by atoms with Gasteiger partial charge in [-0.05, 0) is 43.0 Å². The third kappa shape index (κ3) is 2.13. The number of aliphatic hydroxyl groups is 1. The molecule has 15 heavy (non-hydrogen) atoms. The number of rotatable bonds is 3. The van der Waals surface area contributed by atoms with Crippen molar-refractivity contribution in [1.29, 1.82) is 0 Å². The lowest BCUT2D eigenvalue weighted by molar-refractivity contribution is 0.0553.